The zero-order valence-electron chi connectivity index (χ0n) is 18.7. The molecule has 0 saturated heterocycles. The van der Waals surface area contributed by atoms with Crippen molar-refractivity contribution in [1.29, 1.82) is 0 Å². The van der Waals surface area contributed by atoms with Crippen molar-refractivity contribution in [3.8, 4) is 0 Å². The maximum Gasteiger partial charge on any atom is 0.271 e. The summed E-state index contributed by atoms with van der Waals surface area (Å²) >= 11 is 0. The second-order valence-corrected chi connectivity index (χ2v) is 7.36. The van der Waals surface area contributed by atoms with E-state index >= 15 is 0 Å². The van der Waals surface area contributed by atoms with E-state index in [4.69, 9.17) is 4.74 Å². The second-order valence-electron chi connectivity index (χ2n) is 7.36. The molecule has 0 saturated carbocycles. The molecule has 4 heteroatoms. The zero-order chi connectivity index (χ0) is 22.8. The molecule has 32 heavy (non-hydrogen) atoms. The van der Waals surface area contributed by atoms with Crippen molar-refractivity contribution in [2.75, 3.05) is 6.61 Å². The molecule has 162 valence electrons. The van der Waals surface area contributed by atoms with E-state index in [1.807, 2.05) is 86.7 Å². The fraction of sp³-hybridized carbons (Fsp3) is 0.143. The van der Waals surface area contributed by atoms with Crippen molar-refractivity contribution in [2.24, 2.45) is 5.10 Å². The molecule has 0 radical (unpaired) electrons. The van der Waals surface area contributed by atoms with Crippen LogP contribution in [-0.2, 0) is 4.74 Å². The van der Waals surface area contributed by atoms with Gasteiger partial charge in [0.2, 0.25) is 0 Å². The highest BCUT2D eigenvalue weighted by molar-refractivity contribution is 6.09. The average Bonchev–Trinajstić information content (AvgIpc) is 2.82. The molecule has 3 aromatic rings. The molecule has 3 aromatic carbocycles. The molecular formula is C28H28N2O2. The van der Waals surface area contributed by atoms with Crippen LogP contribution >= 0.6 is 0 Å². The summed E-state index contributed by atoms with van der Waals surface area (Å²) in [7, 11) is 0. The lowest BCUT2D eigenvalue weighted by Crippen LogP contribution is -2.19. The number of benzene rings is 3. The van der Waals surface area contributed by atoms with E-state index in [-0.39, 0.29) is 5.91 Å². The van der Waals surface area contributed by atoms with Gasteiger partial charge in [0.25, 0.3) is 5.91 Å². The Bertz CT molecular complexity index is 1110. The van der Waals surface area contributed by atoms with Gasteiger partial charge in [0.05, 0.1) is 12.3 Å². The number of nitrogens with zero attached hydrogens (tertiary/aromatic N) is 1. The van der Waals surface area contributed by atoms with Crippen LogP contribution in [0.4, 0.5) is 0 Å². The molecule has 1 amide bonds. The summed E-state index contributed by atoms with van der Waals surface area (Å²) in [6.07, 6.45) is 5.66. The Kier molecular flexibility index (Phi) is 8.15. The molecule has 0 unspecified atom stereocenters. The molecule has 0 fully saturated rings. The van der Waals surface area contributed by atoms with Crippen molar-refractivity contribution >= 4 is 17.4 Å². The fourth-order valence-electron chi connectivity index (χ4n) is 3.02. The first-order valence-corrected chi connectivity index (χ1v) is 10.6. The molecule has 0 bridgehead atoms. The van der Waals surface area contributed by atoms with E-state index in [0.717, 1.165) is 22.4 Å². The van der Waals surface area contributed by atoms with Crippen LogP contribution < -0.4 is 5.43 Å². The zero-order valence-corrected chi connectivity index (χ0v) is 18.7. The Balaban J connectivity index is 1.87. The number of allylic oxidation sites excluding steroid dienone is 3. The molecule has 0 aliphatic rings. The van der Waals surface area contributed by atoms with E-state index in [9.17, 15) is 4.79 Å². The van der Waals surface area contributed by atoms with Gasteiger partial charge in [-0.1, -0.05) is 83.9 Å². The van der Waals surface area contributed by atoms with Crippen LogP contribution in [0.1, 0.15) is 39.5 Å². The Hall–Kier alpha value is -3.92. The van der Waals surface area contributed by atoms with Gasteiger partial charge in [0, 0.05) is 16.7 Å². The van der Waals surface area contributed by atoms with Gasteiger partial charge in [-0.2, -0.15) is 5.10 Å². The van der Waals surface area contributed by atoms with Gasteiger partial charge in [-0.3, -0.25) is 4.79 Å². The topological polar surface area (TPSA) is 50.7 Å². The normalized spacial score (nSPS) is 12.1. The van der Waals surface area contributed by atoms with Gasteiger partial charge in [0.1, 0.15) is 5.76 Å². The number of hydrogen-bond donors (Lipinski definition) is 1. The minimum atomic E-state index is -0.256. The molecular weight excluding hydrogens is 396 g/mol. The van der Waals surface area contributed by atoms with Crippen molar-refractivity contribution in [1.82, 2.24) is 5.43 Å². The summed E-state index contributed by atoms with van der Waals surface area (Å²) in [6, 6.07) is 25.2. The quantitative estimate of drug-likeness (QED) is 0.206. The van der Waals surface area contributed by atoms with E-state index in [2.05, 4.69) is 29.6 Å². The number of ether oxygens (including phenoxy) is 1. The van der Waals surface area contributed by atoms with E-state index < -0.39 is 0 Å². The number of hydrazone groups is 1. The fourth-order valence-corrected chi connectivity index (χ4v) is 3.02. The van der Waals surface area contributed by atoms with E-state index in [0.29, 0.717) is 17.9 Å². The number of nitrogens with one attached hydrogen (secondary N) is 1. The highest BCUT2D eigenvalue weighted by Gasteiger charge is 2.06. The van der Waals surface area contributed by atoms with Crippen LogP contribution in [-0.4, -0.2) is 18.2 Å². The number of carbonyl (C=O) groups excluding carboxylic acids is 1. The average molecular weight is 425 g/mol. The molecule has 4 nitrogen and oxygen atoms in total. The maximum absolute atomic E-state index is 12.4. The summed E-state index contributed by atoms with van der Waals surface area (Å²) in [5.41, 5.74) is 8.13. The molecule has 3 rings (SSSR count). The maximum atomic E-state index is 12.4. The largest absolute Gasteiger partial charge is 0.493 e. The highest BCUT2D eigenvalue weighted by Crippen LogP contribution is 2.17. The van der Waals surface area contributed by atoms with Crippen LogP contribution in [0.15, 0.2) is 102 Å². The Morgan fingerprint density at radius 1 is 0.844 bits per heavy atom. The van der Waals surface area contributed by atoms with Crippen LogP contribution in [0.5, 0.6) is 0 Å². The molecule has 0 atom stereocenters. The third kappa shape index (κ3) is 6.54. The van der Waals surface area contributed by atoms with Crippen LogP contribution in [0.25, 0.3) is 5.76 Å². The summed E-state index contributed by atoms with van der Waals surface area (Å²) in [5, 5.41) is 4.39. The standard InChI is InChI=1S/C28H28N2O2/c1-4-32-27(24-19-15-22(3)16-20-24)12-8-11-26(23-17-13-21(2)14-18-23)29-30-28(31)25-9-6-5-7-10-25/h5-20H,4H2,1-3H3,(H,30,31). The molecule has 0 spiro atoms. The van der Waals surface area contributed by atoms with Gasteiger partial charge in [0.15, 0.2) is 0 Å². The van der Waals surface area contributed by atoms with Gasteiger partial charge >= 0.3 is 0 Å². The van der Waals surface area contributed by atoms with Gasteiger partial charge in [-0.25, -0.2) is 5.43 Å². The molecule has 1 N–H and O–H groups in total. The number of hydrogen-bond acceptors (Lipinski definition) is 3. The van der Waals surface area contributed by atoms with Crippen molar-refractivity contribution in [3.05, 3.63) is 125 Å². The van der Waals surface area contributed by atoms with E-state index in [1.165, 1.54) is 5.56 Å². The summed E-state index contributed by atoms with van der Waals surface area (Å²) in [4.78, 5) is 12.4. The van der Waals surface area contributed by atoms with Crippen LogP contribution in [0, 0.1) is 13.8 Å². The van der Waals surface area contributed by atoms with Crippen LogP contribution in [0.3, 0.4) is 0 Å². The lowest BCUT2D eigenvalue weighted by Gasteiger charge is -2.08. The van der Waals surface area contributed by atoms with Crippen LogP contribution in [0.2, 0.25) is 0 Å². The minimum Gasteiger partial charge on any atom is -0.493 e. The van der Waals surface area contributed by atoms with Crippen molar-refractivity contribution in [3.63, 3.8) is 0 Å². The predicted octanol–water partition coefficient (Wildman–Crippen LogP) is 6.07. The predicted molar refractivity (Wildman–Crippen MR) is 132 cm³/mol. The molecule has 0 heterocycles. The number of rotatable bonds is 8. The SMILES string of the molecule is CCOC(=CC=CC(=NNC(=O)c1ccccc1)c1ccc(C)cc1)c1ccc(C)cc1. The third-order valence-corrected chi connectivity index (χ3v) is 4.80. The van der Waals surface area contributed by atoms with E-state index in [1.54, 1.807) is 12.1 Å². The first-order valence-electron chi connectivity index (χ1n) is 10.6. The number of amides is 1. The summed E-state index contributed by atoms with van der Waals surface area (Å²) < 4.78 is 5.83. The highest BCUT2D eigenvalue weighted by atomic mass is 16.5. The summed E-state index contributed by atoms with van der Waals surface area (Å²) in [6.45, 7) is 6.62. The second kappa shape index (κ2) is 11.5. The van der Waals surface area contributed by atoms with Gasteiger partial charge < -0.3 is 4.74 Å². The lowest BCUT2D eigenvalue weighted by atomic mass is 10.1. The summed E-state index contributed by atoms with van der Waals surface area (Å²) in [5.74, 6) is 0.522. The van der Waals surface area contributed by atoms with Gasteiger partial charge in [-0.15, -0.1) is 0 Å². The first kappa shape index (κ1) is 22.8. The first-order chi connectivity index (χ1) is 15.6. The van der Waals surface area contributed by atoms with Gasteiger partial charge in [-0.05, 0) is 45.1 Å². The molecule has 0 aliphatic heterocycles. The lowest BCUT2D eigenvalue weighted by molar-refractivity contribution is 0.0955. The van der Waals surface area contributed by atoms with Crippen molar-refractivity contribution < 1.29 is 9.53 Å². The minimum absolute atomic E-state index is 0.256. The Labute approximate surface area is 190 Å². The Morgan fingerprint density at radius 3 is 2.03 bits per heavy atom. The monoisotopic (exact) mass is 424 g/mol. The molecule has 0 aliphatic carbocycles. The van der Waals surface area contributed by atoms with Crippen molar-refractivity contribution in [2.45, 2.75) is 20.8 Å². The smallest absolute Gasteiger partial charge is 0.271 e. The molecule has 0 aromatic heterocycles. The number of aryl methyl sites for hydroxylation is 2. The Morgan fingerprint density at radius 2 is 1.44 bits per heavy atom. The number of carbonyl (C=O) groups is 1. The third-order valence-electron chi connectivity index (χ3n) is 4.80.